The number of nitrogens with two attached hydrogens (primary N) is 2. The van der Waals surface area contributed by atoms with E-state index in [1.807, 2.05) is 6.92 Å². The highest BCUT2D eigenvalue weighted by molar-refractivity contribution is 5.81. The number of hydrogen-bond donors (Lipinski definition) is 3. The van der Waals surface area contributed by atoms with E-state index in [9.17, 15) is 9.59 Å². The molecule has 0 aromatic rings. The van der Waals surface area contributed by atoms with Crippen molar-refractivity contribution < 1.29 is 9.59 Å². The molecule has 0 saturated carbocycles. The highest BCUT2D eigenvalue weighted by atomic mass is 16.2. The Kier molecular flexibility index (Phi) is 6.74. The Morgan fingerprint density at radius 2 is 2.07 bits per heavy atom. The number of rotatable bonds is 7. The van der Waals surface area contributed by atoms with Crippen LogP contribution in [0.3, 0.4) is 0 Å². The molecule has 0 spiro atoms. The summed E-state index contributed by atoms with van der Waals surface area (Å²) in [6.45, 7) is 2.43. The van der Waals surface area contributed by atoms with E-state index < -0.39 is 6.04 Å². The summed E-state index contributed by atoms with van der Waals surface area (Å²) < 4.78 is 0. The Hall–Kier alpha value is -1.10. The largest absolute Gasteiger partial charge is 0.370 e. The quantitative estimate of drug-likeness (QED) is 0.484. The second kappa shape index (κ2) is 7.32. The van der Waals surface area contributed by atoms with Crippen LogP contribution in [0.5, 0.6) is 0 Å². The van der Waals surface area contributed by atoms with E-state index in [2.05, 4.69) is 5.32 Å². The molecule has 0 aromatic heterocycles. The first-order valence-electron chi connectivity index (χ1n) is 4.89. The van der Waals surface area contributed by atoms with Crippen molar-refractivity contribution >= 4 is 11.8 Å². The number of amides is 2. The van der Waals surface area contributed by atoms with Gasteiger partial charge in [-0.05, 0) is 12.8 Å². The van der Waals surface area contributed by atoms with Gasteiger partial charge in [-0.3, -0.25) is 9.59 Å². The fraction of sp³-hybridized carbons (Fsp3) is 0.778. The van der Waals surface area contributed by atoms with E-state index in [1.54, 1.807) is 0 Å². The molecule has 82 valence electrons. The summed E-state index contributed by atoms with van der Waals surface area (Å²) in [5, 5.41) is 2.65. The molecule has 5 heteroatoms. The summed E-state index contributed by atoms with van der Waals surface area (Å²) in [6, 6.07) is -0.437. The number of carbonyl (C=O) groups excluding carboxylic acids is 2. The molecule has 0 aliphatic heterocycles. The van der Waals surface area contributed by atoms with E-state index >= 15 is 0 Å². The SMILES string of the molecule is CCC[C@H](N)C(=O)NCCCC(N)=O. The molecule has 0 rings (SSSR count). The van der Waals surface area contributed by atoms with Crippen molar-refractivity contribution in [3.63, 3.8) is 0 Å². The second-order valence-electron chi connectivity index (χ2n) is 3.26. The maximum Gasteiger partial charge on any atom is 0.236 e. The van der Waals surface area contributed by atoms with Crippen molar-refractivity contribution in [1.29, 1.82) is 0 Å². The van der Waals surface area contributed by atoms with E-state index in [-0.39, 0.29) is 11.8 Å². The van der Waals surface area contributed by atoms with Crippen LogP contribution in [0.1, 0.15) is 32.6 Å². The third-order valence-electron chi connectivity index (χ3n) is 1.84. The summed E-state index contributed by atoms with van der Waals surface area (Å²) in [5.41, 5.74) is 10.5. The van der Waals surface area contributed by atoms with E-state index in [4.69, 9.17) is 11.5 Å². The molecule has 0 radical (unpaired) electrons. The Morgan fingerprint density at radius 3 is 2.57 bits per heavy atom. The van der Waals surface area contributed by atoms with Crippen molar-refractivity contribution in [3.05, 3.63) is 0 Å². The molecule has 0 fully saturated rings. The van der Waals surface area contributed by atoms with Crippen LogP contribution in [0.2, 0.25) is 0 Å². The maximum atomic E-state index is 11.2. The number of nitrogens with one attached hydrogen (secondary N) is 1. The van der Waals surface area contributed by atoms with Crippen molar-refractivity contribution in [1.82, 2.24) is 5.32 Å². The van der Waals surface area contributed by atoms with Crippen LogP contribution in [0, 0.1) is 0 Å². The molecule has 5 N–H and O–H groups in total. The van der Waals surface area contributed by atoms with Crippen LogP contribution in [0.15, 0.2) is 0 Å². The lowest BCUT2D eigenvalue weighted by atomic mass is 10.1. The standard InChI is InChI=1S/C9H19N3O2/c1-2-4-7(10)9(14)12-6-3-5-8(11)13/h7H,2-6,10H2,1H3,(H2,11,13)(H,12,14)/t7-/m0/s1. The number of carbonyl (C=O) groups is 2. The summed E-state index contributed by atoms with van der Waals surface area (Å²) in [4.78, 5) is 21.6. The van der Waals surface area contributed by atoms with Crippen LogP contribution in [0.25, 0.3) is 0 Å². The molecular weight excluding hydrogens is 182 g/mol. The van der Waals surface area contributed by atoms with E-state index in [1.165, 1.54) is 0 Å². The van der Waals surface area contributed by atoms with Crippen LogP contribution >= 0.6 is 0 Å². The number of hydrogen-bond acceptors (Lipinski definition) is 3. The normalized spacial score (nSPS) is 12.1. The molecular formula is C9H19N3O2. The predicted molar refractivity (Wildman–Crippen MR) is 54.3 cm³/mol. The Bertz CT molecular complexity index is 194. The van der Waals surface area contributed by atoms with E-state index in [0.29, 0.717) is 25.8 Å². The van der Waals surface area contributed by atoms with Gasteiger partial charge < -0.3 is 16.8 Å². The van der Waals surface area contributed by atoms with Gasteiger partial charge in [0.1, 0.15) is 0 Å². The maximum absolute atomic E-state index is 11.2. The Morgan fingerprint density at radius 1 is 1.43 bits per heavy atom. The first-order valence-corrected chi connectivity index (χ1v) is 4.89. The topological polar surface area (TPSA) is 98.2 Å². The molecule has 0 unspecified atom stereocenters. The first kappa shape index (κ1) is 12.9. The summed E-state index contributed by atoms with van der Waals surface area (Å²) in [7, 11) is 0. The zero-order valence-electron chi connectivity index (χ0n) is 8.58. The van der Waals surface area contributed by atoms with Gasteiger partial charge in [0.25, 0.3) is 0 Å². The van der Waals surface area contributed by atoms with Crippen molar-refractivity contribution in [3.8, 4) is 0 Å². The van der Waals surface area contributed by atoms with E-state index in [0.717, 1.165) is 6.42 Å². The predicted octanol–water partition coefficient (Wildman–Crippen LogP) is -0.504. The molecule has 0 aromatic carbocycles. The third kappa shape index (κ3) is 6.42. The smallest absolute Gasteiger partial charge is 0.236 e. The lowest BCUT2D eigenvalue weighted by Crippen LogP contribution is -2.40. The molecule has 1 atom stereocenters. The minimum Gasteiger partial charge on any atom is -0.370 e. The zero-order chi connectivity index (χ0) is 11.0. The summed E-state index contributed by atoms with van der Waals surface area (Å²) in [5.74, 6) is -0.506. The van der Waals surface area contributed by atoms with Gasteiger partial charge in [0.15, 0.2) is 0 Å². The molecule has 0 bridgehead atoms. The molecule has 0 aliphatic carbocycles. The lowest BCUT2D eigenvalue weighted by Gasteiger charge is -2.10. The van der Waals surface area contributed by atoms with Gasteiger partial charge in [-0.15, -0.1) is 0 Å². The van der Waals surface area contributed by atoms with Crippen molar-refractivity contribution in [2.24, 2.45) is 11.5 Å². The molecule has 14 heavy (non-hydrogen) atoms. The number of primary amides is 1. The molecule has 2 amide bonds. The van der Waals surface area contributed by atoms with Gasteiger partial charge >= 0.3 is 0 Å². The van der Waals surface area contributed by atoms with Crippen molar-refractivity contribution in [2.45, 2.75) is 38.6 Å². The molecule has 0 heterocycles. The van der Waals surface area contributed by atoms with Crippen molar-refractivity contribution in [2.75, 3.05) is 6.54 Å². The van der Waals surface area contributed by atoms with Crippen LogP contribution in [-0.2, 0) is 9.59 Å². The average Bonchev–Trinajstić information content (AvgIpc) is 2.12. The highest BCUT2D eigenvalue weighted by Gasteiger charge is 2.10. The van der Waals surface area contributed by atoms with Crippen LogP contribution in [0.4, 0.5) is 0 Å². The summed E-state index contributed by atoms with van der Waals surface area (Å²) in [6.07, 6.45) is 2.43. The minimum atomic E-state index is -0.437. The molecule has 5 nitrogen and oxygen atoms in total. The van der Waals surface area contributed by atoms with Gasteiger partial charge in [0.05, 0.1) is 6.04 Å². The van der Waals surface area contributed by atoms with Crippen LogP contribution in [-0.4, -0.2) is 24.4 Å². The summed E-state index contributed by atoms with van der Waals surface area (Å²) >= 11 is 0. The van der Waals surface area contributed by atoms with Crippen LogP contribution < -0.4 is 16.8 Å². The van der Waals surface area contributed by atoms with Gasteiger partial charge in [-0.2, -0.15) is 0 Å². The fourth-order valence-corrected chi connectivity index (χ4v) is 1.05. The average molecular weight is 201 g/mol. The lowest BCUT2D eigenvalue weighted by molar-refractivity contribution is -0.123. The highest BCUT2D eigenvalue weighted by Crippen LogP contribution is 1.93. The first-order chi connectivity index (χ1) is 6.57. The van der Waals surface area contributed by atoms with Gasteiger partial charge in [0.2, 0.25) is 11.8 Å². The Labute approximate surface area is 84.2 Å². The zero-order valence-corrected chi connectivity index (χ0v) is 8.58. The van der Waals surface area contributed by atoms with Gasteiger partial charge in [-0.25, -0.2) is 0 Å². The van der Waals surface area contributed by atoms with Gasteiger partial charge in [-0.1, -0.05) is 13.3 Å². The monoisotopic (exact) mass is 201 g/mol. The molecule has 0 aliphatic rings. The van der Waals surface area contributed by atoms with Gasteiger partial charge in [0, 0.05) is 13.0 Å². The minimum absolute atomic E-state index is 0.156. The Balaban J connectivity index is 3.48. The third-order valence-corrected chi connectivity index (χ3v) is 1.84. The second-order valence-corrected chi connectivity index (χ2v) is 3.26. The molecule has 0 saturated heterocycles. The fourth-order valence-electron chi connectivity index (χ4n) is 1.05.